The van der Waals surface area contributed by atoms with Gasteiger partial charge in [-0.05, 0) is 41.2 Å². The van der Waals surface area contributed by atoms with E-state index in [9.17, 15) is 4.79 Å². The zero-order valence-corrected chi connectivity index (χ0v) is 14.6. The van der Waals surface area contributed by atoms with Gasteiger partial charge in [-0.1, -0.05) is 26.0 Å². The molecule has 23 heavy (non-hydrogen) atoms. The summed E-state index contributed by atoms with van der Waals surface area (Å²) in [6, 6.07) is 7.29. The summed E-state index contributed by atoms with van der Waals surface area (Å²) < 4.78 is 6.00. The normalized spacial score (nSPS) is 9.74. The van der Waals surface area contributed by atoms with Crippen molar-refractivity contribution < 1.29 is 29.3 Å². The van der Waals surface area contributed by atoms with Crippen molar-refractivity contribution in [3.63, 3.8) is 0 Å². The lowest BCUT2D eigenvalue weighted by Crippen LogP contribution is -2.27. The molecule has 0 saturated heterocycles. The molecular weight excluding hydrogens is 370 g/mol. The molecule has 0 bridgehead atoms. The second-order valence-electron chi connectivity index (χ2n) is 4.25. The van der Waals surface area contributed by atoms with Gasteiger partial charge in [-0.15, -0.1) is 0 Å². The third-order valence-electron chi connectivity index (χ3n) is 2.81. The minimum Gasteiger partial charge on any atom is -0.473 e. The molecule has 1 aromatic carbocycles. The summed E-state index contributed by atoms with van der Waals surface area (Å²) in [4.78, 5) is 32.2. The second-order valence-corrected chi connectivity index (χ2v) is 5.11. The van der Waals surface area contributed by atoms with Crippen molar-refractivity contribution in [2.75, 3.05) is 26.2 Å². The van der Waals surface area contributed by atoms with Gasteiger partial charge in [-0.2, -0.15) is 0 Å². The highest BCUT2D eigenvalue weighted by Crippen LogP contribution is 2.16. The van der Waals surface area contributed by atoms with Crippen LogP contribution in [0.4, 0.5) is 0 Å². The molecule has 0 spiro atoms. The summed E-state index contributed by atoms with van der Waals surface area (Å²) in [5.41, 5.74) is 0.576. The molecule has 128 valence electrons. The maximum atomic E-state index is 11.8. The first-order chi connectivity index (χ1) is 10.8. The van der Waals surface area contributed by atoms with Crippen molar-refractivity contribution in [2.24, 2.45) is 0 Å². The lowest BCUT2D eigenvalue weighted by Gasteiger charge is -2.17. The van der Waals surface area contributed by atoms with Crippen molar-refractivity contribution >= 4 is 33.8 Å². The maximum absolute atomic E-state index is 11.8. The van der Waals surface area contributed by atoms with E-state index < -0.39 is 11.9 Å². The smallest absolute Gasteiger partial charge is 0.414 e. The molecule has 8 heteroatoms. The second kappa shape index (κ2) is 11.6. The third kappa shape index (κ3) is 8.94. The fourth-order valence-electron chi connectivity index (χ4n) is 1.51. The molecule has 1 rings (SSSR count). The number of carbonyl (C=O) groups excluding carboxylic acids is 1. The van der Waals surface area contributed by atoms with Crippen LogP contribution < -0.4 is 0 Å². The highest BCUT2D eigenvalue weighted by Gasteiger charge is 2.10. The van der Waals surface area contributed by atoms with E-state index in [1.807, 2.05) is 18.2 Å². The Labute approximate surface area is 143 Å². The lowest BCUT2D eigenvalue weighted by molar-refractivity contribution is -0.159. The standard InChI is InChI=1S/C13H18BrNO2.C2H2O4/c1-3-15(4-2)9-10-17-13(16)11-7-5-6-8-12(11)14;3-1(4)2(5)6/h5-8H,3-4,9-10H2,1-2H3;(H,3,4)(H,5,6). The molecule has 0 aromatic heterocycles. The number of halogens is 1. The number of hydrogen-bond donors (Lipinski definition) is 2. The van der Waals surface area contributed by atoms with E-state index in [2.05, 4.69) is 34.7 Å². The van der Waals surface area contributed by atoms with Crippen LogP contribution in [0.5, 0.6) is 0 Å². The van der Waals surface area contributed by atoms with Crippen LogP contribution in [0.3, 0.4) is 0 Å². The van der Waals surface area contributed by atoms with Gasteiger partial charge in [0.2, 0.25) is 0 Å². The van der Waals surface area contributed by atoms with E-state index in [4.69, 9.17) is 24.5 Å². The summed E-state index contributed by atoms with van der Waals surface area (Å²) in [5, 5.41) is 14.8. The van der Waals surface area contributed by atoms with Gasteiger partial charge in [0.25, 0.3) is 0 Å². The summed E-state index contributed by atoms with van der Waals surface area (Å²) in [6.45, 7) is 7.36. The fourth-order valence-corrected chi connectivity index (χ4v) is 1.96. The molecule has 0 heterocycles. The molecule has 0 unspecified atom stereocenters. The van der Waals surface area contributed by atoms with E-state index in [1.54, 1.807) is 6.07 Å². The molecule has 1 aromatic rings. The Morgan fingerprint density at radius 3 is 2.04 bits per heavy atom. The Morgan fingerprint density at radius 2 is 1.61 bits per heavy atom. The number of carbonyl (C=O) groups is 3. The van der Waals surface area contributed by atoms with Crippen molar-refractivity contribution in [1.29, 1.82) is 0 Å². The van der Waals surface area contributed by atoms with Gasteiger partial charge in [-0.25, -0.2) is 14.4 Å². The van der Waals surface area contributed by atoms with Gasteiger partial charge < -0.3 is 19.8 Å². The van der Waals surface area contributed by atoms with Crippen molar-refractivity contribution in [2.45, 2.75) is 13.8 Å². The Bertz CT molecular complexity index is 518. The van der Waals surface area contributed by atoms with E-state index in [1.165, 1.54) is 0 Å². The van der Waals surface area contributed by atoms with Gasteiger partial charge >= 0.3 is 17.9 Å². The minimum atomic E-state index is -1.82. The van der Waals surface area contributed by atoms with Crippen molar-refractivity contribution in [3.8, 4) is 0 Å². The molecule has 2 N–H and O–H groups in total. The monoisotopic (exact) mass is 389 g/mol. The van der Waals surface area contributed by atoms with Crippen LogP contribution in [-0.4, -0.2) is 59.3 Å². The summed E-state index contributed by atoms with van der Waals surface area (Å²) in [5.74, 6) is -3.92. The molecule has 7 nitrogen and oxygen atoms in total. The molecule has 0 aliphatic heterocycles. The quantitative estimate of drug-likeness (QED) is 0.566. The van der Waals surface area contributed by atoms with Crippen LogP contribution in [0.2, 0.25) is 0 Å². The number of esters is 1. The average molecular weight is 390 g/mol. The number of likely N-dealkylation sites (N-methyl/N-ethyl adjacent to an activating group) is 1. The van der Waals surface area contributed by atoms with Gasteiger partial charge in [-0.3, -0.25) is 0 Å². The third-order valence-corrected chi connectivity index (χ3v) is 3.50. The van der Waals surface area contributed by atoms with Gasteiger partial charge in [0.05, 0.1) is 5.56 Å². The van der Waals surface area contributed by atoms with Gasteiger partial charge in [0.1, 0.15) is 6.61 Å². The predicted octanol–water partition coefficient (Wildman–Crippen LogP) is 2.10. The molecule has 0 atom stereocenters. The Morgan fingerprint density at radius 1 is 1.09 bits per heavy atom. The summed E-state index contributed by atoms with van der Waals surface area (Å²) in [7, 11) is 0. The van der Waals surface area contributed by atoms with Gasteiger partial charge in [0, 0.05) is 11.0 Å². The number of nitrogens with zero attached hydrogens (tertiary/aromatic N) is 1. The Hall–Kier alpha value is -1.93. The van der Waals surface area contributed by atoms with Crippen LogP contribution in [0.15, 0.2) is 28.7 Å². The van der Waals surface area contributed by atoms with E-state index in [-0.39, 0.29) is 5.97 Å². The molecule has 0 amide bonds. The van der Waals surface area contributed by atoms with Crippen LogP contribution in [0.25, 0.3) is 0 Å². The number of hydrogen-bond acceptors (Lipinski definition) is 5. The Kier molecular flexibility index (Phi) is 10.6. The predicted molar refractivity (Wildman–Crippen MR) is 87.5 cm³/mol. The minimum absolute atomic E-state index is 0.273. The van der Waals surface area contributed by atoms with Crippen LogP contribution in [0, 0.1) is 0 Å². The zero-order chi connectivity index (χ0) is 17.8. The van der Waals surface area contributed by atoms with Crippen LogP contribution in [0.1, 0.15) is 24.2 Å². The van der Waals surface area contributed by atoms with Crippen molar-refractivity contribution in [3.05, 3.63) is 34.3 Å². The zero-order valence-electron chi connectivity index (χ0n) is 13.0. The number of rotatable bonds is 6. The highest BCUT2D eigenvalue weighted by atomic mass is 79.9. The number of carboxylic acid groups (broad SMARTS) is 2. The first-order valence-electron chi connectivity index (χ1n) is 6.93. The SMILES string of the molecule is CCN(CC)CCOC(=O)c1ccccc1Br.O=C(O)C(=O)O. The Balaban J connectivity index is 0.000000688. The first-order valence-corrected chi connectivity index (χ1v) is 7.72. The first kappa shape index (κ1) is 21.1. The van der Waals surface area contributed by atoms with Crippen LogP contribution >= 0.6 is 15.9 Å². The molecular formula is C15H20BrNO6. The summed E-state index contributed by atoms with van der Waals surface area (Å²) >= 11 is 3.33. The molecule has 0 aliphatic carbocycles. The largest absolute Gasteiger partial charge is 0.473 e. The molecule has 0 radical (unpaired) electrons. The van der Waals surface area contributed by atoms with E-state index in [0.29, 0.717) is 12.2 Å². The number of carboxylic acids is 2. The van der Waals surface area contributed by atoms with E-state index >= 15 is 0 Å². The van der Waals surface area contributed by atoms with E-state index in [0.717, 1.165) is 24.1 Å². The molecule has 0 aliphatic rings. The lowest BCUT2D eigenvalue weighted by atomic mass is 10.2. The van der Waals surface area contributed by atoms with Gasteiger partial charge in [0.15, 0.2) is 0 Å². The highest BCUT2D eigenvalue weighted by molar-refractivity contribution is 9.10. The molecule has 0 fully saturated rings. The number of aliphatic carboxylic acids is 2. The van der Waals surface area contributed by atoms with Crippen LogP contribution in [-0.2, 0) is 14.3 Å². The maximum Gasteiger partial charge on any atom is 0.414 e. The number of benzene rings is 1. The number of ether oxygens (including phenoxy) is 1. The summed E-state index contributed by atoms with van der Waals surface area (Å²) in [6.07, 6.45) is 0. The fraction of sp³-hybridized carbons (Fsp3) is 0.400. The van der Waals surface area contributed by atoms with Crippen molar-refractivity contribution in [1.82, 2.24) is 4.90 Å². The average Bonchev–Trinajstić information content (AvgIpc) is 2.52. The molecule has 0 saturated carbocycles. The topological polar surface area (TPSA) is 104 Å².